The van der Waals surface area contributed by atoms with Gasteiger partial charge in [0.1, 0.15) is 5.82 Å². The zero-order chi connectivity index (χ0) is 7.82. The van der Waals surface area contributed by atoms with E-state index in [-0.39, 0.29) is 0 Å². The van der Waals surface area contributed by atoms with Crippen molar-refractivity contribution >= 4 is 0 Å². The lowest BCUT2D eigenvalue weighted by molar-refractivity contribution is 0.720. The van der Waals surface area contributed by atoms with Gasteiger partial charge in [0, 0.05) is 6.20 Å². The van der Waals surface area contributed by atoms with Crippen LogP contribution in [0.15, 0.2) is 24.2 Å². The lowest BCUT2D eigenvalue weighted by Gasteiger charge is -2.01. The normalized spacial score (nSPS) is 11.0. The average Bonchev–Trinajstić information content (AvgIpc) is 1.89. The van der Waals surface area contributed by atoms with Crippen LogP contribution in [0.25, 0.3) is 0 Å². The van der Waals surface area contributed by atoms with E-state index < -0.39 is 0 Å². The van der Waals surface area contributed by atoms with Crippen LogP contribution in [0.3, 0.4) is 0 Å². The maximum Gasteiger partial charge on any atom is 0.125 e. The Kier molecular flexibility index (Phi) is 4.61. The summed E-state index contributed by atoms with van der Waals surface area (Å²) in [5.74, 6) is 0.292. The molecule has 4 N–H and O–H groups in total. The summed E-state index contributed by atoms with van der Waals surface area (Å²) in [6.45, 7) is 1.86. The summed E-state index contributed by atoms with van der Waals surface area (Å²) in [7, 11) is 0. The SMILES string of the molecule is C/C=C\NN/C(N)=C/C#N. The molecule has 10 heavy (non-hydrogen) atoms. The Hall–Kier alpha value is -1.63. The molecule has 0 aromatic rings. The van der Waals surface area contributed by atoms with Crippen LogP contribution in [-0.4, -0.2) is 0 Å². The van der Waals surface area contributed by atoms with Crippen molar-refractivity contribution in [2.75, 3.05) is 0 Å². The molecule has 54 valence electrons. The number of nitrogens with one attached hydrogen (secondary N) is 2. The molecule has 0 aromatic heterocycles. The fraction of sp³-hybridized carbons (Fsp3) is 0.167. The standard InChI is InChI=1S/C6H10N4/c1-2-5-9-10-6(8)3-4-7/h2-3,5,9-10H,8H2,1H3/b5-2-,6-3+. The fourth-order valence-corrected chi connectivity index (χ4v) is 0.314. The summed E-state index contributed by atoms with van der Waals surface area (Å²) in [4.78, 5) is 0. The number of hydrogen-bond acceptors (Lipinski definition) is 4. The zero-order valence-corrected chi connectivity index (χ0v) is 5.76. The van der Waals surface area contributed by atoms with Crippen LogP contribution in [0.1, 0.15) is 6.92 Å². The monoisotopic (exact) mass is 138 g/mol. The number of allylic oxidation sites excluding steroid dienone is 2. The molecule has 0 fully saturated rings. The Morgan fingerprint density at radius 3 is 2.90 bits per heavy atom. The fourth-order valence-electron chi connectivity index (χ4n) is 0.314. The van der Waals surface area contributed by atoms with Crippen molar-refractivity contribution in [1.29, 1.82) is 5.26 Å². The summed E-state index contributed by atoms with van der Waals surface area (Å²) in [5, 5.41) is 8.10. The molecule has 0 aliphatic carbocycles. The minimum absolute atomic E-state index is 0.292. The van der Waals surface area contributed by atoms with Gasteiger partial charge in [0.25, 0.3) is 0 Å². The van der Waals surface area contributed by atoms with Crippen molar-refractivity contribution in [1.82, 2.24) is 10.9 Å². The molecule has 0 aliphatic heterocycles. The second-order valence-corrected chi connectivity index (χ2v) is 1.50. The second kappa shape index (κ2) is 5.51. The summed E-state index contributed by atoms with van der Waals surface area (Å²) in [5.41, 5.74) is 10.5. The van der Waals surface area contributed by atoms with Crippen molar-refractivity contribution in [2.24, 2.45) is 5.73 Å². The molecular weight excluding hydrogens is 128 g/mol. The topological polar surface area (TPSA) is 73.9 Å². The summed E-state index contributed by atoms with van der Waals surface area (Å²) in [6, 6.07) is 1.78. The third kappa shape index (κ3) is 4.53. The van der Waals surface area contributed by atoms with Crippen LogP contribution in [0.5, 0.6) is 0 Å². The lowest BCUT2D eigenvalue weighted by Crippen LogP contribution is -2.30. The molecule has 0 saturated heterocycles. The summed E-state index contributed by atoms with van der Waals surface area (Å²) >= 11 is 0. The highest BCUT2D eigenvalue weighted by Gasteiger charge is 1.79. The van der Waals surface area contributed by atoms with Gasteiger partial charge in [0.05, 0.1) is 12.1 Å². The maximum absolute atomic E-state index is 8.10. The maximum atomic E-state index is 8.10. The predicted molar refractivity (Wildman–Crippen MR) is 39.0 cm³/mol. The zero-order valence-electron chi connectivity index (χ0n) is 5.76. The average molecular weight is 138 g/mol. The lowest BCUT2D eigenvalue weighted by atomic mass is 10.6. The minimum atomic E-state index is 0.292. The van der Waals surface area contributed by atoms with E-state index in [0.29, 0.717) is 5.82 Å². The summed E-state index contributed by atoms with van der Waals surface area (Å²) in [6.07, 6.45) is 4.67. The highest BCUT2D eigenvalue weighted by atomic mass is 15.4. The van der Waals surface area contributed by atoms with Crippen LogP contribution in [-0.2, 0) is 0 Å². The minimum Gasteiger partial charge on any atom is -0.384 e. The molecule has 0 unspecified atom stereocenters. The first-order chi connectivity index (χ1) is 4.81. The first kappa shape index (κ1) is 8.37. The van der Waals surface area contributed by atoms with Crippen LogP contribution >= 0.6 is 0 Å². The van der Waals surface area contributed by atoms with Crippen molar-refractivity contribution in [3.63, 3.8) is 0 Å². The Labute approximate surface area is 60.0 Å². The molecule has 4 heteroatoms. The molecule has 0 amide bonds. The molecule has 0 spiro atoms. The van der Waals surface area contributed by atoms with Gasteiger partial charge in [-0.1, -0.05) is 6.08 Å². The quantitative estimate of drug-likeness (QED) is 0.377. The van der Waals surface area contributed by atoms with Gasteiger partial charge >= 0.3 is 0 Å². The molecule has 0 aliphatic rings. The smallest absolute Gasteiger partial charge is 0.125 e. The predicted octanol–water partition coefficient (Wildman–Crippen LogP) is -0.0621. The molecule has 4 nitrogen and oxygen atoms in total. The molecule has 0 atom stereocenters. The number of nitriles is 1. The van der Waals surface area contributed by atoms with Gasteiger partial charge in [0.2, 0.25) is 0 Å². The molecule has 0 heterocycles. The van der Waals surface area contributed by atoms with Gasteiger partial charge in [-0.05, 0) is 6.92 Å². The second-order valence-electron chi connectivity index (χ2n) is 1.50. The van der Waals surface area contributed by atoms with Crippen LogP contribution in [0.2, 0.25) is 0 Å². The molecular formula is C6H10N4. The third-order valence-electron chi connectivity index (χ3n) is 0.687. The van der Waals surface area contributed by atoms with Gasteiger partial charge in [0.15, 0.2) is 0 Å². The van der Waals surface area contributed by atoms with E-state index in [9.17, 15) is 0 Å². The van der Waals surface area contributed by atoms with E-state index >= 15 is 0 Å². The van der Waals surface area contributed by atoms with Crippen molar-refractivity contribution < 1.29 is 0 Å². The van der Waals surface area contributed by atoms with Gasteiger partial charge in [-0.3, -0.25) is 5.43 Å². The first-order valence-corrected chi connectivity index (χ1v) is 2.79. The first-order valence-electron chi connectivity index (χ1n) is 2.79. The van der Waals surface area contributed by atoms with Gasteiger partial charge in [-0.25, -0.2) is 0 Å². The van der Waals surface area contributed by atoms with Crippen LogP contribution in [0.4, 0.5) is 0 Å². The number of hydrogen-bond donors (Lipinski definition) is 3. The number of rotatable bonds is 3. The van der Waals surface area contributed by atoms with E-state index in [2.05, 4.69) is 10.9 Å². The van der Waals surface area contributed by atoms with Gasteiger partial charge in [-0.2, -0.15) is 5.26 Å². The Morgan fingerprint density at radius 1 is 1.70 bits per heavy atom. The molecule has 0 radical (unpaired) electrons. The van der Waals surface area contributed by atoms with Crippen molar-refractivity contribution in [3.8, 4) is 6.07 Å². The highest BCUT2D eigenvalue weighted by Crippen LogP contribution is 1.70. The van der Waals surface area contributed by atoms with E-state index in [1.807, 2.05) is 6.92 Å². The molecule has 0 saturated carbocycles. The third-order valence-corrected chi connectivity index (χ3v) is 0.687. The number of nitrogens with zero attached hydrogens (tertiary/aromatic N) is 1. The Morgan fingerprint density at radius 2 is 2.40 bits per heavy atom. The Balaban J connectivity index is 3.51. The summed E-state index contributed by atoms with van der Waals surface area (Å²) < 4.78 is 0. The van der Waals surface area contributed by atoms with E-state index in [1.165, 1.54) is 6.08 Å². The van der Waals surface area contributed by atoms with Gasteiger partial charge < -0.3 is 11.2 Å². The van der Waals surface area contributed by atoms with Crippen molar-refractivity contribution in [3.05, 3.63) is 24.2 Å². The highest BCUT2D eigenvalue weighted by molar-refractivity contribution is 5.07. The van der Waals surface area contributed by atoms with E-state index in [0.717, 1.165) is 0 Å². The van der Waals surface area contributed by atoms with E-state index in [4.69, 9.17) is 11.0 Å². The Bertz CT molecular complexity index is 175. The molecule has 0 rings (SSSR count). The van der Waals surface area contributed by atoms with E-state index in [1.54, 1.807) is 18.3 Å². The number of nitrogens with two attached hydrogens (primary N) is 1. The molecule has 0 bridgehead atoms. The van der Waals surface area contributed by atoms with Crippen LogP contribution < -0.4 is 16.6 Å². The molecule has 0 aromatic carbocycles. The number of hydrazine groups is 1. The van der Waals surface area contributed by atoms with Crippen LogP contribution in [0, 0.1) is 11.3 Å². The van der Waals surface area contributed by atoms with Gasteiger partial charge in [-0.15, -0.1) is 0 Å². The largest absolute Gasteiger partial charge is 0.384 e. The van der Waals surface area contributed by atoms with Crippen molar-refractivity contribution in [2.45, 2.75) is 6.92 Å².